The Morgan fingerprint density at radius 2 is 1.40 bits per heavy atom. The molecule has 3 aromatic carbocycles. The van der Waals surface area contributed by atoms with Crippen LogP contribution in [-0.4, -0.2) is 4.98 Å². The quantitative estimate of drug-likeness (QED) is 0.525. The van der Waals surface area contributed by atoms with Crippen molar-refractivity contribution in [1.82, 2.24) is 4.98 Å². The summed E-state index contributed by atoms with van der Waals surface area (Å²) in [6.45, 7) is 0. The molecule has 4 aromatic rings. The molecule has 20 heavy (non-hydrogen) atoms. The molecule has 0 bridgehead atoms. The molecule has 96 valence electrons. The normalized spacial score (nSPS) is 11.2. The number of aromatic nitrogens is 1. The van der Waals surface area contributed by atoms with E-state index >= 15 is 0 Å². The molecular weight excluding hydrogens is 242 g/mol. The van der Waals surface area contributed by atoms with E-state index in [9.17, 15) is 0 Å². The molecule has 0 saturated heterocycles. The topological polar surface area (TPSA) is 15.8 Å². The minimum Gasteiger partial charge on any atom is -0.358 e. The van der Waals surface area contributed by atoms with Crippen molar-refractivity contribution in [2.45, 2.75) is 6.42 Å². The largest absolute Gasteiger partial charge is 0.358 e. The van der Waals surface area contributed by atoms with Crippen LogP contribution in [0.3, 0.4) is 0 Å². The molecule has 0 unspecified atom stereocenters. The van der Waals surface area contributed by atoms with Crippen molar-refractivity contribution in [1.29, 1.82) is 0 Å². The van der Waals surface area contributed by atoms with Crippen LogP contribution in [0.2, 0.25) is 0 Å². The maximum absolute atomic E-state index is 3.49. The Morgan fingerprint density at radius 1 is 0.650 bits per heavy atom. The number of benzene rings is 3. The Morgan fingerprint density at radius 3 is 2.25 bits per heavy atom. The fourth-order valence-corrected chi connectivity index (χ4v) is 2.80. The van der Waals surface area contributed by atoms with Gasteiger partial charge in [-0.05, 0) is 33.9 Å². The number of rotatable bonds is 2. The van der Waals surface area contributed by atoms with Gasteiger partial charge in [-0.25, -0.2) is 0 Å². The second-order valence-corrected chi connectivity index (χ2v) is 5.24. The van der Waals surface area contributed by atoms with Crippen LogP contribution in [0.15, 0.2) is 72.8 Å². The maximum atomic E-state index is 3.49. The average molecular weight is 257 g/mol. The lowest BCUT2D eigenvalue weighted by atomic mass is 10.0. The number of H-pyrrole nitrogens is 1. The summed E-state index contributed by atoms with van der Waals surface area (Å²) < 4.78 is 0. The Bertz CT molecular complexity index is 853. The minimum absolute atomic E-state index is 0.944. The summed E-state index contributed by atoms with van der Waals surface area (Å²) in [5.41, 5.74) is 3.82. The van der Waals surface area contributed by atoms with E-state index in [0.717, 1.165) is 6.42 Å². The van der Waals surface area contributed by atoms with Gasteiger partial charge in [-0.3, -0.25) is 0 Å². The zero-order valence-corrected chi connectivity index (χ0v) is 11.1. The predicted molar refractivity (Wildman–Crippen MR) is 85.1 cm³/mol. The summed E-state index contributed by atoms with van der Waals surface area (Å²) in [7, 11) is 0. The summed E-state index contributed by atoms with van der Waals surface area (Å²) >= 11 is 0. The van der Waals surface area contributed by atoms with Gasteiger partial charge in [-0.2, -0.15) is 0 Å². The molecule has 0 aliphatic rings. The first-order chi connectivity index (χ1) is 9.88. The molecule has 0 atom stereocenters. The van der Waals surface area contributed by atoms with E-state index in [1.54, 1.807) is 0 Å². The molecule has 0 aliphatic heterocycles. The van der Waals surface area contributed by atoms with Gasteiger partial charge in [0.2, 0.25) is 0 Å². The standard InChI is InChI=1S/C19H15N/c1-2-6-16-11-14(9-10-15(16)5-1)12-18-13-17-7-3-4-8-19(17)20-18/h1-11,13,20H,12H2. The molecular formula is C19H15N. The van der Waals surface area contributed by atoms with E-state index in [4.69, 9.17) is 0 Å². The first-order valence-corrected chi connectivity index (χ1v) is 6.93. The second kappa shape index (κ2) is 4.53. The van der Waals surface area contributed by atoms with Crippen molar-refractivity contribution < 1.29 is 0 Å². The monoisotopic (exact) mass is 257 g/mol. The van der Waals surface area contributed by atoms with Gasteiger partial charge >= 0.3 is 0 Å². The maximum Gasteiger partial charge on any atom is 0.0456 e. The van der Waals surface area contributed by atoms with Gasteiger partial charge in [-0.1, -0.05) is 60.7 Å². The molecule has 4 rings (SSSR count). The zero-order chi connectivity index (χ0) is 13.4. The number of hydrogen-bond acceptors (Lipinski definition) is 0. The molecule has 0 spiro atoms. The van der Waals surface area contributed by atoms with E-state index in [1.165, 1.54) is 32.9 Å². The van der Waals surface area contributed by atoms with Crippen molar-refractivity contribution in [2.75, 3.05) is 0 Å². The highest BCUT2D eigenvalue weighted by Crippen LogP contribution is 2.20. The smallest absolute Gasteiger partial charge is 0.0456 e. The minimum atomic E-state index is 0.944. The summed E-state index contributed by atoms with van der Waals surface area (Å²) in [6, 6.07) is 25.9. The van der Waals surface area contributed by atoms with Crippen molar-refractivity contribution >= 4 is 21.7 Å². The third kappa shape index (κ3) is 1.97. The number of hydrogen-bond donors (Lipinski definition) is 1. The number of nitrogens with one attached hydrogen (secondary N) is 1. The SMILES string of the molecule is c1ccc2cc(Cc3cc4ccccc4[nH]3)ccc2c1. The van der Waals surface area contributed by atoms with Crippen LogP contribution >= 0.6 is 0 Å². The summed E-state index contributed by atoms with van der Waals surface area (Å²) in [6.07, 6.45) is 0.944. The number of aromatic amines is 1. The highest BCUT2D eigenvalue weighted by Gasteiger charge is 2.02. The van der Waals surface area contributed by atoms with Crippen LogP contribution in [0.5, 0.6) is 0 Å². The highest BCUT2D eigenvalue weighted by molar-refractivity contribution is 5.83. The molecule has 1 heterocycles. The summed E-state index contributed by atoms with van der Waals surface area (Å²) in [5, 5.41) is 3.89. The van der Waals surface area contributed by atoms with Crippen molar-refractivity contribution in [2.24, 2.45) is 0 Å². The van der Waals surface area contributed by atoms with E-state index in [-0.39, 0.29) is 0 Å². The van der Waals surface area contributed by atoms with E-state index in [0.29, 0.717) is 0 Å². The van der Waals surface area contributed by atoms with Gasteiger partial charge in [0.25, 0.3) is 0 Å². The van der Waals surface area contributed by atoms with Crippen molar-refractivity contribution in [3.8, 4) is 0 Å². The molecule has 1 aromatic heterocycles. The molecule has 1 heteroatoms. The van der Waals surface area contributed by atoms with E-state index < -0.39 is 0 Å². The highest BCUT2D eigenvalue weighted by atomic mass is 14.7. The van der Waals surface area contributed by atoms with Crippen LogP contribution in [-0.2, 0) is 6.42 Å². The molecule has 0 saturated carbocycles. The lowest BCUT2D eigenvalue weighted by Gasteiger charge is -2.02. The Labute approximate surface area is 117 Å². The van der Waals surface area contributed by atoms with Gasteiger partial charge in [0.05, 0.1) is 0 Å². The first-order valence-electron chi connectivity index (χ1n) is 6.93. The number of para-hydroxylation sites is 1. The summed E-state index contributed by atoms with van der Waals surface area (Å²) in [4.78, 5) is 3.49. The van der Waals surface area contributed by atoms with E-state index in [1.807, 2.05) is 0 Å². The molecule has 1 N–H and O–H groups in total. The van der Waals surface area contributed by atoms with Gasteiger partial charge in [0.15, 0.2) is 0 Å². The lowest BCUT2D eigenvalue weighted by Crippen LogP contribution is -1.88. The number of fused-ring (bicyclic) bond motifs is 2. The summed E-state index contributed by atoms with van der Waals surface area (Å²) in [5.74, 6) is 0. The molecule has 0 aliphatic carbocycles. The van der Waals surface area contributed by atoms with Gasteiger partial charge in [0.1, 0.15) is 0 Å². The van der Waals surface area contributed by atoms with Crippen molar-refractivity contribution in [3.05, 3.63) is 84.1 Å². The Hall–Kier alpha value is -2.54. The molecule has 0 fully saturated rings. The Balaban J connectivity index is 1.72. The zero-order valence-electron chi connectivity index (χ0n) is 11.1. The Kier molecular flexibility index (Phi) is 2.56. The van der Waals surface area contributed by atoms with Crippen LogP contribution in [0.25, 0.3) is 21.7 Å². The first kappa shape index (κ1) is 11.3. The van der Waals surface area contributed by atoms with E-state index in [2.05, 4.69) is 77.8 Å². The third-order valence-electron chi connectivity index (χ3n) is 3.79. The van der Waals surface area contributed by atoms with Gasteiger partial charge in [0, 0.05) is 17.6 Å². The third-order valence-corrected chi connectivity index (χ3v) is 3.79. The fraction of sp³-hybridized carbons (Fsp3) is 0.0526. The average Bonchev–Trinajstić information content (AvgIpc) is 2.89. The van der Waals surface area contributed by atoms with Gasteiger partial charge < -0.3 is 4.98 Å². The molecule has 1 nitrogen and oxygen atoms in total. The molecule has 0 amide bonds. The van der Waals surface area contributed by atoms with Crippen LogP contribution in [0.1, 0.15) is 11.3 Å². The van der Waals surface area contributed by atoms with Crippen LogP contribution < -0.4 is 0 Å². The van der Waals surface area contributed by atoms with Crippen LogP contribution in [0.4, 0.5) is 0 Å². The molecule has 0 radical (unpaired) electrons. The van der Waals surface area contributed by atoms with Gasteiger partial charge in [-0.15, -0.1) is 0 Å². The fourth-order valence-electron chi connectivity index (χ4n) is 2.80. The lowest BCUT2D eigenvalue weighted by molar-refractivity contribution is 1.12. The van der Waals surface area contributed by atoms with Crippen molar-refractivity contribution in [3.63, 3.8) is 0 Å². The second-order valence-electron chi connectivity index (χ2n) is 5.24. The van der Waals surface area contributed by atoms with Crippen LogP contribution in [0, 0.1) is 0 Å². The predicted octanol–water partition coefficient (Wildman–Crippen LogP) is 4.91.